The molecule has 2 unspecified atom stereocenters. The molecule has 0 saturated carbocycles. The normalized spacial score (nSPS) is 13.1. The molecule has 0 spiro atoms. The zero-order valence-corrected chi connectivity index (χ0v) is 18.6. The van der Waals surface area contributed by atoms with Gasteiger partial charge in [-0.15, -0.1) is 23.1 Å². The predicted molar refractivity (Wildman–Crippen MR) is 126 cm³/mol. The van der Waals surface area contributed by atoms with Crippen LogP contribution in [0.2, 0.25) is 0 Å². The fraction of sp³-hybridized carbons (Fsp3) is 0.208. The first-order valence-corrected chi connectivity index (χ1v) is 11.6. The lowest BCUT2D eigenvalue weighted by molar-refractivity contribution is -0.120. The van der Waals surface area contributed by atoms with Crippen molar-refractivity contribution in [3.8, 4) is 5.75 Å². The number of carbonyl (C=O) groups excluding carboxylic acids is 1. The molecule has 30 heavy (non-hydrogen) atoms. The summed E-state index contributed by atoms with van der Waals surface area (Å²) in [7, 11) is 1.65. The Morgan fingerprint density at radius 1 is 1.13 bits per heavy atom. The topological polar surface area (TPSA) is 54.1 Å². The highest BCUT2D eigenvalue weighted by Crippen LogP contribution is 2.33. The zero-order valence-electron chi connectivity index (χ0n) is 16.9. The second-order valence-electron chi connectivity index (χ2n) is 7.04. The van der Waals surface area contributed by atoms with Crippen LogP contribution in [0.3, 0.4) is 0 Å². The van der Waals surface area contributed by atoms with E-state index in [1.165, 1.54) is 15.8 Å². The summed E-state index contributed by atoms with van der Waals surface area (Å²) < 4.78 is 5.20. The first-order chi connectivity index (χ1) is 14.7. The number of aromatic nitrogens is 1. The van der Waals surface area contributed by atoms with E-state index in [2.05, 4.69) is 52.2 Å². The number of hydrogen-bond donors (Lipinski definition) is 2. The highest BCUT2D eigenvalue weighted by Gasteiger charge is 2.22. The number of fused-ring (bicyclic) bond motifs is 1. The van der Waals surface area contributed by atoms with Crippen LogP contribution in [0, 0.1) is 0 Å². The minimum Gasteiger partial charge on any atom is -0.497 e. The molecule has 0 bridgehead atoms. The Morgan fingerprint density at radius 3 is 2.67 bits per heavy atom. The van der Waals surface area contributed by atoms with E-state index in [-0.39, 0.29) is 17.1 Å². The molecule has 154 valence electrons. The monoisotopic (exact) mass is 436 g/mol. The van der Waals surface area contributed by atoms with Crippen molar-refractivity contribution >= 4 is 39.9 Å². The van der Waals surface area contributed by atoms with Gasteiger partial charge in [-0.1, -0.05) is 24.3 Å². The van der Waals surface area contributed by atoms with Crippen molar-refractivity contribution in [3.05, 3.63) is 82.7 Å². The van der Waals surface area contributed by atoms with Gasteiger partial charge in [0.05, 0.1) is 12.4 Å². The van der Waals surface area contributed by atoms with Crippen LogP contribution in [-0.4, -0.2) is 29.8 Å². The Bertz CT molecular complexity index is 1100. The Morgan fingerprint density at radius 2 is 1.93 bits per heavy atom. The van der Waals surface area contributed by atoms with Crippen LogP contribution in [0.15, 0.2) is 77.1 Å². The number of amides is 1. The van der Waals surface area contributed by atoms with Crippen molar-refractivity contribution in [1.29, 1.82) is 0 Å². The summed E-state index contributed by atoms with van der Waals surface area (Å²) in [4.78, 5) is 18.5. The number of thiophene rings is 1. The number of methoxy groups -OCH3 is 1. The van der Waals surface area contributed by atoms with E-state index in [0.717, 1.165) is 16.2 Å². The highest BCUT2D eigenvalue weighted by molar-refractivity contribution is 8.00. The summed E-state index contributed by atoms with van der Waals surface area (Å²) in [5.74, 6) is 0.967. The second kappa shape index (κ2) is 9.41. The summed E-state index contributed by atoms with van der Waals surface area (Å²) in [6, 6.07) is 20.3. The van der Waals surface area contributed by atoms with Crippen LogP contribution in [0.1, 0.15) is 23.3 Å². The molecule has 0 fully saturated rings. The lowest BCUT2D eigenvalue weighted by Gasteiger charge is -2.18. The minimum atomic E-state index is -0.189. The van der Waals surface area contributed by atoms with Crippen molar-refractivity contribution in [2.24, 2.45) is 0 Å². The molecule has 4 aromatic rings. The van der Waals surface area contributed by atoms with E-state index >= 15 is 0 Å². The summed E-state index contributed by atoms with van der Waals surface area (Å²) in [5.41, 5.74) is 2.33. The van der Waals surface area contributed by atoms with Gasteiger partial charge in [-0.3, -0.25) is 4.79 Å². The van der Waals surface area contributed by atoms with Crippen molar-refractivity contribution in [1.82, 2.24) is 10.3 Å². The molecule has 0 saturated heterocycles. The molecule has 0 radical (unpaired) electrons. The number of rotatable bonds is 8. The molecule has 4 rings (SSSR count). The average molecular weight is 437 g/mol. The van der Waals surface area contributed by atoms with Crippen molar-refractivity contribution in [2.45, 2.75) is 23.0 Å². The molecule has 0 aliphatic heterocycles. The molecule has 0 aliphatic rings. The first kappa shape index (κ1) is 20.6. The number of ether oxygens (including phenoxy) is 1. The van der Waals surface area contributed by atoms with E-state index in [9.17, 15) is 4.79 Å². The molecule has 6 heteroatoms. The van der Waals surface area contributed by atoms with Crippen LogP contribution < -0.4 is 10.1 Å². The molecule has 2 N–H and O–H groups in total. The van der Waals surface area contributed by atoms with E-state index in [1.807, 2.05) is 37.3 Å². The zero-order chi connectivity index (χ0) is 20.9. The lowest BCUT2D eigenvalue weighted by atomic mass is 9.96. The summed E-state index contributed by atoms with van der Waals surface area (Å²) in [6.07, 6.45) is 2.07. The predicted octanol–water partition coefficient (Wildman–Crippen LogP) is 5.67. The van der Waals surface area contributed by atoms with Crippen molar-refractivity contribution < 1.29 is 9.53 Å². The molecular formula is C24H24N2O2S2. The van der Waals surface area contributed by atoms with Gasteiger partial charge in [0.15, 0.2) is 0 Å². The number of aromatic amines is 1. The maximum atomic E-state index is 12.8. The SMILES string of the molecule is COc1ccc(SC(C)C(=O)NCC(c2cccs2)c2c[nH]c3ccccc23)cc1. The Hall–Kier alpha value is -2.70. The number of thioether (sulfide) groups is 1. The maximum absolute atomic E-state index is 12.8. The van der Waals surface area contributed by atoms with Gasteiger partial charge in [0.1, 0.15) is 5.75 Å². The average Bonchev–Trinajstić information content (AvgIpc) is 3.45. The first-order valence-electron chi connectivity index (χ1n) is 9.83. The van der Waals surface area contributed by atoms with E-state index in [0.29, 0.717) is 6.54 Å². The van der Waals surface area contributed by atoms with E-state index in [4.69, 9.17) is 4.74 Å². The Kier molecular flexibility index (Phi) is 6.45. The largest absolute Gasteiger partial charge is 0.497 e. The van der Waals surface area contributed by atoms with Crippen LogP contribution in [-0.2, 0) is 4.79 Å². The third-order valence-electron chi connectivity index (χ3n) is 5.11. The minimum absolute atomic E-state index is 0.0391. The summed E-state index contributed by atoms with van der Waals surface area (Å²) in [5, 5.41) is 6.27. The fourth-order valence-electron chi connectivity index (χ4n) is 3.49. The van der Waals surface area contributed by atoms with Gasteiger partial charge in [0, 0.05) is 39.3 Å². The molecule has 0 aliphatic carbocycles. The summed E-state index contributed by atoms with van der Waals surface area (Å²) >= 11 is 3.27. The number of para-hydroxylation sites is 1. The number of benzene rings is 2. The van der Waals surface area contributed by atoms with Gasteiger partial charge < -0.3 is 15.0 Å². The summed E-state index contributed by atoms with van der Waals surface area (Å²) in [6.45, 7) is 2.50. The lowest BCUT2D eigenvalue weighted by Crippen LogP contribution is -2.34. The Balaban J connectivity index is 1.46. The molecule has 2 aromatic carbocycles. The van der Waals surface area contributed by atoms with Crippen LogP contribution >= 0.6 is 23.1 Å². The molecule has 4 nitrogen and oxygen atoms in total. The number of carbonyl (C=O) groups is 1. The van der Waals surface area contributed by atoms with Crippen LogP contribution in [0.4, 0.5) is 0 Å². The van der Waals surface area contributed by atoms with Crippen LogP contribution in [0.25, 0.3) is 10.9 Å². The van der Waals surface area contributed by atoms with Crippen molar-refractivity contribution in [3.63, 3.8) is 0 Å². The molecule has 2 heterocycles. The molecule has 1 amide bonds. The fourth-order valence-corrected chi connectivity index (χ4v) is 5.23. The van der Waals surface area contributed by atoms with E-state index in [1.54, 1.807) is 30.2 Å². The molecular weight excluding hydrogens is 412 g/mol. The van der Waals surface area contributed by atoms with Gasteiger partial charge in [0.2, 0.25) is 5.91 Å². The standard InChI is InChI=1S/C24H24N2O2S2/c1-16(30-18-11-9-17(28-2)10-12-18)24(27)26-15-21(23-8-5-13-29-23)20-14-25-22-7-4-3-6-19(20)22/h3-14,16,21,25H,15H2,1-2H3,(H,26,27). The number of nitrogens with one attached hydrogen (secondary N) is 2. The van der Waals surface area contributed by atoms with Gasteiger partial charge in [-0.05, 0) is 54.3 Å². The molecule has 2 aromatic heterocycles. The van der Waals surface area contributed by atoms with E-state index < -0.39 is 0 Å². The van der Waals surface area contributed by atoms with Crippen molar-refractivity contribution in [2.75, 3.05) is 13.7 Å². The van der Waals surface area contributed by atoms with Crippen LogP contribution in [0.5, 0.6) is 5.75 Å². The second-order valence-corrected chi connectivity index (χ2v) is 9.43. The Labute approximate surface area is 184 Å². The number of hydrogen-bond acceptors (Lipinski definition) is 4. The van der Waals surface area contributed by atoms with Gasteiger partial charge >= 0.3 is 0 Å². The van der Waals surface area contributed by atoms with Gasteiger partial charge in [0.25, 0.3) is 0 Å². The quantitative estimate of drug-likeness (QED) is 0.350. The third-order valence-corrected chi connectivity index (χ3v) is 7.20. The van der Waals surface area contributed by atoms with Gasteiger partial charge in [-0.25, -0.2) is 0 Å². The van der Waals surface area contributed by atoms with Gasteiger partial charge in [-0.2, -0.15) is 0 Å². The maximum Gasteiger partial charge on any atom is 0.233 e. The molecule has 2 atom stereocenters. The third kappa shape index (κ3) is 4.55. The highest BCUT2D eigenvalue weighted by atomic mass is 32.2. The smallest absolute Gasteiger partial charge is 0.233 e. The number of H-pyrrole nitrogens is 1.